The van der Waals surface area contributed by atoms with Gasteiger partial charge in [0.25, 0.3) is 0 Å². The Morgan fingerprint density at radius 3 is 2.77 bits per heavy atom. The number of amides is 1. The number of rotatable bonds is 7. The van der Waals surface area contributed by atoms with Crippen LogP contribution in [0, 0.1) is 5.92 Å². The van der Waals surface area contributed by atoms with Gasteiger partial charge in [-0.05, 0) is 50.7 Å². The average molecular weight is 309 g/mol. The van der Waals surface area contributed by atoms with Crippen molar-refractivity contribution in [3.8, 4) is 0 Å². The lowest BCUT2D eigenvalue weighted by Crippen LogP contribution is -2.35. The minimum atomic E-state index is -0.678. The molecule has 0 saturated heterocycles. The van der Waals surface area contributed by atoms with E-state index in [2.05, 4.69) is 5.32 Å². The summed E-state index contributed by atoms with van der Waals surface area (Å²) in [7, 11) is 1.75. The lowest BCUT2D eigenvalue weighted by atomic mass is 9.85. The molecule has 1 heterocycles. The lowest BCUT2D eigenvalue weighted by Gasteiger charge is -2.27. The van der Waals surface area contributed by atoms with Gasteiger partial charge in [0.15, 0.2) is 0 Å². The summed E-state index contributed by atoms with van der Waals surface area (Å²) >= 11 is 0. The molecule has 22 heavy (non-hydrogen) atoms. The van der Waals surface area contributed by atoms with Crippen LogP contribution in [0.15, 0.2) is 22.8 Å². The third kappa shape index (κ3) is 5.14. The molecular formula is C17H27NO4. The van der Waals surface area contributed by atoms with Crippen molar-refractivity contribution in [3.63, 3.8) is 0 Å². The highest BCUT2D eigenvalue weighted by Crippen LogP contribution is 2.28. The van der Waals surface area contributed by atoms with E-state index in [-0.39, 0.29) is 11.9 Å². The molecular weight excluding hydrogens is 282 g/mol. The number of ether oxygens (including phenoxy) is 1. The minimum absolute atomic E-state index is 0.0695. The molecule has 1 aliphatic carbocycles. The van der Waals surface area contributed by atoms with E-state index in [0.717, 1.165) is 25.7 Å². The summed E-state index contributed by atoms with van der Waals surface area (Å²) in [4.78, 5) is 12.1. The molecule has 5 nitrogen and oxygen atoms in total. The first kappa shape index (κ1) is 17.0. The van der Waals surface area contributed by atoms with Gasteiger partial charge in [-0.3, -0.25) is 4.79 Å². The van der Waals surface area contributed by atoms with Gasteiger partial charge >= 0.3 is 0 Å². The third-order valence-electron chi connectivity index (χ3n) is 4.46. The summed E-state index contributed by atoms with van der Waals surface area (Å²) in [5.74, 6) is 1.06. The average Bonchev–Trinajstić information content (AvgIpc) is 3.02. The molecule has 2 atom stereocenters. The van der Waals surface area contributed by atoms with E-state index < -0.39 is 6.10 Å². The van der Waals surface area contributed by atoms with Crippen LogP contribution in [0.5, 0.6) is 0 Å². The maximum Gasteiger partial charge on any atom is 0.220 e. The maximum atomic E-state index is 12.1. The summed E-state index contributed by atoms with van der Waals surface area (Å²) in [6.45, 7) is 1.91. The first-order valence-corrected chi connectivity index (χ1v) is 8.12. The third-order valence-corrected chi connectivity index (χ3v) is 4.46. The number of aliphatic hydroxyl groups is 1. The molecule has 1 amide bonds. The van der Waals surface area contributed by atoms with Gasteiger partial charge in [0.2, 0.25) is 5.91 Å². The first-order chi connectivity index (χ1) is 10.6. The Bertz CT molecular complexity index is 438. The van der Waals surface area contributed by atoms with Gasteiger partial charge in [-0.1, -0.05) is 0 Å². The van der Waals surface area contributed by atoms with Gasteiger partial charge in [0, 0.05) is 26.0 Å². The van der Waals surface area contributed by atoms with E-state index in [0.29, 0.717) is 30.6 Å². The Balaban J connectivity index is 1.68. The summed E-state index contributed by atoms with van der Waals surface area (Å²) in [5.41, 5.74) is 0. The molecule has 1 aromatic rings. The predicted octanol–water partition coefficient (Wildman–Crippen LogP) is 2.80. The Hall–Kier alpha value is -1.33. The molecule has 1 saturated carbocycles. The van der Waals surface area contributed by atoms with Crippen molar-refractivity contribution < 1.29 is 19.1 Å². The molecule has 2 unspecified atom stereocenters. The summed E-state index contributed by atoms with van der Waals surface area (Å²) in [6, 6.07) is 3.41. The number of methoxy groups -OCH3 is 1. The fourth-order valence-electron chi connectivity index (χ4n) is 3.16. The molecule has 2 N–H and O–H groups in total. The van der Waals surface area contributed by atoms with Gasteiger partial charge in [0.05, 0.1) is 12.4 Å². The Kier molecular flexibility index (Phi) is 6.46. The number of carbonyl (C=O) groups is 1. The van der Waals surface area contributed by atoms with E-state index in [1.165, 1.54) is 6.26 Å². The normalized spacial score (nSPS) is 24.7. The number of hydrogen-bond acceptors (Lipinski definition) is 4. The SMILES string of the molecule is COC1CCC(CC(=O)NC(C)CC(O)c2ccco2)CC1. The fourth-order valence-corrected chi connectivity index (χ4v) is 3.16. The highest BCUT2D eigenvalue weighted by atomic mass is 16.5. The number of furan rings is 1. The molecule has 0 aromatic carbocycles. The van der Waals surface area contributed by atoms with Crippen molar-refractivity contribution in [2.24, 2.45) is 5.92 Å². The molecule has 1 aliphatic rings. The molecule has 1 fully saturated rings. The predicted molar refractivity (Wildman–Crippen MR) is 83.3 cm³/mol. The Morgan fingerprint density at radius 2 is 2.18 bits per heavy atom. The van der Waals surface area contributed by atoms with Crippen LogP contribution in [0.3, 0.4) is 0 Å². The van der Waals surface area contributed by atoms with Crippen LogP contribution in [0.1, 0.15) is 57.3 Å². The first-order valence-electron chi connectivity index (χ1n) is 8.12. The second-order valence-corrected chi connectivity index (χ2v) is 6.32. The Labute approximate surface area is 132 Å². The van der Waals surface area contributed by atoms with Crippen LogP contribution in [-0.4, -0.2) is 30.3 Å². The number of aliphatic hydroxyl groups excluding tert-OH is 1. The summed E-state index contributed by atoms with van der Waals surface area (Å²) < 4.78 is 10.5. The summed E-state index contributed by atoms with van der Waals surface area (Å²) in [5, 5.41) is 13.0. The van der Waals surface area contributed by atoms with Crippen LogP contribution >= 0.6 is 0 Å². The molecule has 0 spiro atoms. The fraction of sp³-hybridized carbons (Fsp3) is 0.706. The molecule has 5 heteroatoms. The van der Waals surface area contributed by atoms with Crippen molar-refractivity contribution in [2.75, 3.05) is 7.11 Å². The number of nitrogens with one attached hydrogen (secondary N) is 1. The van der Waals surface area contributed by atoms with Gasteiger partial charge in [0.1, 0.15) is 11.9 Å². The topological polar surface area (TPSA) is 71.7 Å². The monoisotopic (exact) mass is 309 g/mol. The standard InChI is InChI=1S/C17H27NO4/c1-12(10-15(19)16-4-3-9-22-16)18-17(20)11-13-5-7-14(21-2)8-6-13/h3-4,9,12-15,19H,5-8,10-11H2,1-2H3,(H,18,20). The van der Waals surface area contributed by atoms with E-state index in [4.69, 9.17) is 9.15 Å². The van der Waals surface area contributed by atoms with Gasteiger partial charge in [-0.2, -0.15) is 0 Å². The van der Waals surface area contributed by atoms with Gasteiger partial charge in [-0.25, -0.2) is 0 Å². The smallest absolute Gasteiger partial charge is 0.220 e. The highest BCUT2D eigenvalue weighted by molar-refractivity contribution is 5.76. The zero-order valence-corrected chi connectivity index (χ0v) is 13.5. The van der Waals surface area contributed by atoms with Crippen molar-refractivity contribution in [1.82, 2.24) is 5.32 Å². The summed E-state index contributed by atoms with van der Waals surface area (Å²) in [6.07, 6.45) is 6.43. The highest BCUT2D eigenvalue weighted by Gasteiger charge is 2.23. The second-order valence-electron chi connectivity index (χ2n) is 6.32. The van der Waals surface area contributed by atoms with Crippen LogP contribution in [0.2, 0.25) is 0 Å². The molecule has 0 radical (unpaired) electrons. The van der Waals surface area contributed by atoms with E-state index in [1.807, 2.05) is 6.92 Å². The van der Waals surface area contributed by atoms with Crippen molar-refractivity contribution in [1.29, 1.82) is 0 Å². The molecule has 124 valence electrons. The quantitative estimate of drug-likeness (QED) is 0.812. The zero-order valence-electron chi connectivity index (χ0n) is 13.5. The van der Waals surface area contributed by atoms with Gasteiger partial charge < -0.3 is 19.6 Å². The molecule has 1 aromatic heterocycles. The molecule has 2 rings (SSSR count). The van der Waals surface area contributed by atoms with Crippen molar-refractivity contribution >= 4 is 5.91 Å². The van der Waals surface area contributed by atoms with Crippen LogP contribution in [-0.2, 0) is 9.53 Å². The lowest BCUT2D eigenvalue weighted by molar-refractivity contribution is -0.123. The Morgan fingerprint density at radius 1 is 1.45 bits per heavy atom. The van der Waals surface area contributed by atoms with Crippen molar-refractivity contribution in [2.45, 2.75) is 63.7 Å². The molecule has 0 aliphatic heterocycles. The van der Waals surface area contributed by atoms with Crippen LogP contribution < -0.4 is 5.32 Å². The maximum absolute atomic E-state index is 12.1. The largest absolute Gasteiger partial charge is 0.467 e. The number of carbonyl (C=O) groups excluding carboxylic acids is 1. The van der Waals surface area contributed by atoms with Crippen LogP contribution in [0.4, 0.5) is 0 Å². The van der Waals surface area contributed by atoms with Gasteiger partial charge in [-0.15, -0.1) is 0 Å². The van der Waals surface area contributed by atoms with E-state index >= 15 is 0 Å². The van der Waals surface area contributed by atoms with E-state index in [9.17, 15) is 9.90 Å². The number of hydrogen-bond donors (Lipinski definition) is 2. The minimum Gasteiger partial charge on any atom is -0.467 e. The van der Waals surface area contributed by atoms with Crippen molar-refractivity contribution in [3.05, 3.63) is 24.2 Å². The molecule has 0 bridgehead atoms. The zero-order chi connectivity index (χ0) is 15.9. The van der Waals surface area contributed by atoms with E-state index in [1.54, 1.807) is 19.2 Å². The van der Waals surface area contributed by atoms with Crippen LogP contribution in [0.25, 0.3) is 0 Å². The second kappa shape index (κ2) is 8.34.